The summed E-state index contributed by atoms with van der Waals surface area (Å²) in [6.45, 7) is 7.26. The highest BCUT2D eigenvalue weighted by Gasteiger charge is 2.69. The molecule has 36 heavy (non-hydrogen) atoms. The molecule has 2 aliphatic rings. The van der Waals surface area contributed by atoms with Crippen molar-refractivity contribution in [1.29, 1.82) is 0 Å². The Kier molecular flexibility index (Phi) is 7.09. The normalized spacial score (nSPS) is 25.4. The first-order chi connectivity index (χ1) is 17.1. The molecular weight excluding hydrogens is 462 g/mol. The Balaban J connectivity index is 1.90. The third-order valence-electron chi connectivity index (χ3n) is 6.65. The second-order valence-electron chi connectivity index (χ2n) is 10.0. The van der Waals surface area contributed by atoms with E-state index in [4.69, 9.17) is 18.9 Å². The Bertz CT molecular complexity index is 1130. The highest BCUT2D eigenvalue weighted by Crippen LogP contribution is 2.54. The van der Waals surface area contributed by atoms with E-state index in [0.717, 1.165) is 5.56 Å². The molecule has 0 radical (unpaired) electrons. The van der Waals surface area contributed by atoms with E-state index >= 15 is 0 Å². The lowest BCUT2D eigenvalue weighted by Crippen LogP contribution is -2.50. The van der Waals surface area contributed by atoms with E-state index in [1.54, 1.807) is 56.9 Å². The summed E-state index contributed by atoms with van der Waals surface area (Å²) >= 11 is 0. The van der Waals surface area contributed by atoms with Crippen molar-refractivity contribution < 1.29 is 33.3 Å². The first kappa shape index (κ1) is 25.7. The van der Waals surface area contributed by atoms with Crippen LogP contribution in [0.25, 0.3) is 0 Å². The molecular formula is C28H33NO7. The molecule has 2 aromatic carbocycles. The fourth-order valence-electron chi connectivity index (χ4n) is 5.35. The maximum atomic E-state index is 14.5. The number of hydrogen-bond donors (Lipinski definition) is 0. The average molecular weight is 496 g/mol. The number of methoxy groups -OCH3 is 1. The standard InChI is InChI=1S/C28H33NO7/c1-6-34-26(32)28(19-14-10-11-15-22(19)33-5)20(16-23(30)36-27(2,3)4)21-17-35-24(29(21)25(28)31)18-12-8-7-9-13-18/h7-15,20-21,24H,6,16-17H2,1-5H3/t20-,21-,24-,28-/m1/s1. The quantitative estimate of drug-likeness (QED) is 0.426. The summed E-state index contributed by atoms with van der Waals surface area (Å²) in [5, 5.41) is 0. The van der Waals surface area contributed by atoms with Crippen molar-refractivity contribution in [3.8, 4) is 5.75 Å². The van der Waals surface area contributed by atoms with Gasteiger partial charge in [-0.05, 0) is 33.8 Å². The molecule has 0 saturated carbocycles. The minimum atomic E-state index is -1.80. The first-order valence-electron chi connectivity index (χ1n) is 12.2. The number of nitrogens with zero attached hydrogens (tertiary/aromatic N) is 1. The van der Waals surface area contributed by atoms with Crippen LogP contribution in [-0.2, 0) is 34.0 Å². The lowest BCUT2D eigenvalue weighted by molar-refractivity contribution is -0.161. The van der Waals surface area contributed by atoms with Crippen LogP contribution in [0.2, 0.25) is 0 Å². The zero-order valence-electron chi connectivity index (χ0n) is 21.4. The summed E-state index contributed by atoms with van der Waals surface area (Å²) in [5.41, 5.74) is -1.38. The van der Waals surface area contributed by atoms with Crippen LogP contribution in [0.4, 0.5) is 0 Å². The number of rotatable bonds is 7. The number of amides is 1. The Morgan fingerprint density at radius 3 is 2.39 bits per heavy atom. The van der Waals surface area contributed by atoms with Crippen molar-refractivity contribution in [2.75, 3.05) is 20.3 Å². The highest BCUT2D eigenvalue weighted by atomic mass is 16.6. The monoisotopic (exact) mass is 495 g/mol. The van der Waals surface area contributed by atoms with Gasteiger partial charge in [0.15, 0.2) is 11.6 Å². The molecule has 2 aliphatic heterocycles. The molecule has 0 aromatic heterocycles. The molecule has 8 heteroatoms. The number of benzene rings is 2. The molecule has 4 rings (SSSR count). The topological polar surface area (TPSA) is 91.4 Å². The average Bonchev–Trinajstić information content (AvgIpc) is 3.37. The Morgan fingerprint density at radius 2 is 1.75 bits per heavy atom. The second kappa shape index (κ2) is 9.93. The third-order valence-corrected chi connectivity index (χ3v) is 6.65. The largest absolute Gasteiger partial charge is 0.496 e. The molecule has 0 bridgehead atoms. The number of para-hydroxylation sites is 1. The molecule has 2 aromatic rings. The summed E-state index contributed by atoms with van der Waals surface area (Å²) < 4.78 is 22.9. The van der Waals surface area contributed by atoms with Crippen molar-refractivity contribution in [2.24, 2.45) is 5.92 Å². The van der Waals surface area contributed by atoms with E-state index in [1.807, 2.05) is 30.3 Å². The summed E-state index contributed by atoms with van der Waals surface area (Å²) in [6.07, 6.45) is -0.873. The summed E-state index contributed by atoms with van der Waals surface area (Å²) in [7, 11) is 1.48. The maximum absolute atomic E-state index is 14.5. The fraction of sp³-hybridized carbons (Fsp3) is 0.464. The van der Waals surface area contributed by atoms with E-state index in [-0.39, 0.29) is 19.6 Å². The van der Waals surface area contributed by atoms with Crippen LogP contribution in [0.3, 0.4) is 0 Å². The number of carbonyl (C=O) groups is 3. The molecule has 0 N–H and O–H groups in total. The molecule has 4 atom stereocenters. The van der Waals surface area contributed by atoms with Gasteiger partial charge in [0.25, 0.3) is 0 Å². The van der Waals surface area contributed by atoms with E-state index in [0.29, 0.717) is 11.3 Å². The molecule has 0 aliphatic carbocycles. The minimum absolute atomic E-state index is 0.0749. The van der Waals surface area contributed by atoms with Crippen molar-refractivity contribution in [3.05, 3.63) is 65.7 Å². The molecule has 8 nitrogen and oxygen atoms in total. The SMILES string of the molecule is CCOC(=O)[C@@]1(c2ccccc2OC)C(=O)N2[C@@H](c3ccccc3)OC[C@@H]2[C@H]1CC(=O)OC(C)(C)C. The van der Waals surface area contributed by atoms with Gasteiger partial charge in [0.2, 0.25) is 5.91 Å². The number of fused-ring (bicyclic) bond motifs is 1. The van der Waals surface area contributed by atoms with Crippen molar-refractivity contribution in [1.82, 2.24) is 4.90 Å². The molecule has 1 amide bonds. The van der Waals surface area contributed by atoms with Crippen LogP contribution in [0.15, 0.2) is 54.6 Å². The minimum Gasteiger partial charge on any atom is -0.496 e. The van der Waals surface area contributed by atoms with E-state index in [9.17, 15) is 14.4 Å². The van der Waals surface area contributed by atoms with Gasteiger partial charge >= 0.3 is 11.9 Å². The van der Waals surface area contributed by atoms with Crippen LogP contribution >= 0.6 is 0 Å². The Labute approximate surface area is 211 Å². The van der Waals surface area contributed by atoms with Gasteiger partial charge in [0, 0.05) is 17.0 Å². The lowest BCUT2D eigenvalue weighted by atomic mass is 9.68. The fourth-order valence-corrected chi connectivity index (χ4v) is 5.35. The van der Waals surface area contributed by atoms with Gasteiger partial charge in [0.1, 0.15) is 11.4 Å². The van der Waals surface area contributed by atoms with Gasteiger partial charge in [-0.1, -0.05) is 48.5 Å². The zero-order chi connectivity index (χ0) is 26.1. The molecule has 192 valence electrons. The molecule has 2 heterocycles. The van der Waals surface area contributed by atoms with Gasteiger partial charge in [-0.3, -0.25) is 14.4 Å². The van der Waals surface area contributed by atoms with Crippen LogP contribution in [0, 0.1) is 5.92 Å². The van der Waals surface area contributed by atoms with Crippen molar-refractivity contribution in [2.45, 2.75) is 57.4 Å². The third kappa shape index (κ3) is 4.34. The van der Waals surface area contributed by atoms with Gasteiger partial charge in [-0.15, -0.1) is 0 Å². The summed E-state index contributed by atoms with van der Waals surface area (Å²) in [5.74, 6) is -2.13. The molecule has 2 saturated heterocycles. The second-order valence-corrected chi connectivity index (χ2v) is 10.0. The van der Waals surface area contributed by atoms with Crippen LogP contribution in [-0.4, -0.2) is 54.7 Å². The zero-order valence-corrected chi connectivity index (χ0v) is 21.4. The predicted molar refractivity (Wildman–Crippen MR) is 131 cm³/mol. The highest BCUT2D eigenvalue weighted by molar-refractivity contribution is 6.12. The number of hydrogen-bond acceptors (Lipinski definition) is 7. The molecule has 0 spiro atoms. The maximum Gasteiger partial charge on any atom is 0.326 e. The van der Waals surface area contributed by atoms with Crippen LogP contribution in [0.1, 0.15) is 51.5 Å². The molecule has 2 fully saturated rings. The van der Waals surface area contributed by atoms with Gasteiger partial charge in [0.05, 0.1) is 32.8 Å². The lowest BCUT2D eigenvalue weighted by Gasteiger charge is -2.34. The predicted octanol–water partition coefficient (Wildman–Crippen LogP) is 3.78. The first-order valence-corrected chi connectivity index (χ1v) is 12.2. The number of carbonyl (C=O) groups excluding carboxylic acids is 3. The van der Waals surface area contributed by atoms with Gasteiger partial charge < -0.3 is 23.8 Å². The molecule has 0 unspecified atom stereocenters. The van der Waals surface area contributed by atoms with E-state index < -0.39 is 47.0 Å². The van der Waals surface area contributed by atoms with E-state index in [1.165, 1.54) is 7.11 Å². The van der Waals surface area contributed by atoms with Crippen LogP contribution in [0.5, 0.6) is 5.75 Å². The van der Waals surface area contributed by atoms with Gasteiger partial charge in [-0.2, -0.15) is 0 Å². The smallest absolute Gasteiger partial charge is 0.326 e. The van der Waals surface area contributed by atoms with Gasteiger partial charge in [-0.25, -0.2) is 0 Å². The summed E-state index contributed by atoms with van der Waals surface area (Å²) in [6, 6.07) is 15.7. The van der Waals surface area contributed by atoms with E-state index in [2.05, 4.69) is 0 Å². The number of esters is 2. The summed E-state index contributed by atoms with van der Waals surface area (Å²) in [4.78, 5) is 43.1. The Hall–Kier alpha value is -3.39. The van der Waals surface area contributed by atoms with Crippen LogP contribution < -0.4 is 4.74 Å². The Morgan fingerprint density at radius 1 is 1.08 bits per heavy atom. The number of ether oxygens (including phenoxy) is 4. The van der Waals surface area contributed by atoms with Crippen molar-refractivity contribution in [3.63, 3.8) is 0 Å². The van der Waals surface area contributed by atoms with Crippen molar-refractivity contribution >= 4 is 17.8 Å².